The average Bonchev–Trinajstić information content (AvgIpc) is 3.68. The lowest BCUT2D eigenvalue weighted by Gasteiger charge is -2.11. The van der Waals surface area contributed by atoms with E-state index in [1.807, 2.05) is 30.3 Å². The standard InChI is InChI=1S/C26H18ClN7O2/c27-22-11-18(5-6-24(22)33-9-8-29-16-33)31-26(35)20-12-23(17-3-1-7-28-13-17)32-25-21(20)14-30-34(25)15-19-4-2-10-36-19/h1-14,16H,15H2,(H,31,35). The Balaban J connectivity index is 1.39. The zero-order valence-electron chi connectivity index (χ0n) is 18.7. The molecule has 1 N–H and O–H groups in total. The Bertz CT molecular complexity index is 1660. The SMILES string of the molecule is O=C(Nc1ccc(-n2ccnc2)c(Cl)c1)c1cc(-c2cccnc2)nc2c1cnn2Cc1ccco1. The zero-order valence-corrected chi connectivity index (χ0v) is 19.5. The fourth-order valence-electron chi connectivity index (χ4n) is 3.96. The molecule has 0 aliphatic heterocycles. The second-order valence-electron chi connectivity index (χ2n) is 8.01. The Morgan fingerprint density at radius 2 is 2.00 bits per heavy atom. The van der Waals surface area contributed by atoms with Crippen LogP contribution in [-0.4, -0.2) is 35.2 Å². The van der Waals surface area contributed by atoms with Gasteiger partial charge in [-0.1, -0.05) is 11.6 Å². The molecular weight excluding hydrogens is 478 g/mol. The molecule has 5 heterocycles. The summed E-state index contributed by atoms with van der Waals surface area (Å²) >= 11 is 6.48. The first-order valence-electron chi connectivity index (χ1n) is 11.0. The molecule has 0 spiro atoms. The lowest BCUT2D eigenvalue weighted by molar-refractivity contribution is 0.102. The summed E-state index contributed by atoms with van der Waals surface area (Å²) in [4.78, 5) is 26.5. The molecule has 0 fully saturated rings. The van der Waals surface area contributed by atoms with E-state index in [0.717, 1.165) is 17.0 Å². The lowest BCUT2D eigenvalue weighted by Crippen LogP contribution is -2.13. The number of carbonyl (C=O) groups excluding carboxylic acids is 1. The normalized spacial score (nSPS) is 11.1. The van der Waals surface area contributed by atoms with Crippen molar-refractivity contribution in [1.82, 2.24) is 29.3 Å². The number of imidazole rings is 1. The van der Waals surface area contributed by atoms with Crippen molar-refractivity contribution in [3.63, 3.8) is 0 Å². The largest absolute Gasteiger partial charge is 0.467 e. The number of fused-ring (bicyclic) bond motifs is 1. The van der Waals surface area contributed by atoms with Crippen molar-refractivity contribution in [1.29, 1.82) is 0 Å². The highest BCUT2D eigenvalue weighted by atomic mass is 35.5. The first-order chi connectivity index (χ1) is 17.7. The van der Waals surface area contributed by atoms with Gasteiger partial charge in [-0.25, -0.2) is 14.6 Å². The highest BCUT2D eigenvalue weighted by Crippen LogP contribution is 2.28. The predicted molar refractivity (Wildman–Crippen MR) is 135 cm³/mol. The smallest absolute Gasteiger partial charge is 0.256 e. The van der Waals surface area contributed by atoms with E-state index in [9.17, 15) is 4.79 Å². The Morgan fingerprint density at radius 1 is 1.06 bits per heavy atom. The van der Waals surface area contributed by atoms with Crippen LogP contribution < -0.4 is 5.32 Å². The monoisotopic (exact) mass is 495 g/mol. The molecule has 1 amide bonds. The molecule has 0 unspecified atom stereocenters. The number of amides is 1. The van der Waals surface area contributed by atoms with Crippen molar-refractivity contribution < 1.29 is 9.21 Å². The van der Waals surface area contributed by atoms with Gasteiger partial charge in [0, 0.05) is 36.0 Å². The third kappa shape index (κ3) is 4.12. The molecule has 5 aromatic heterocycles. The lowest BCUT2D eigenvalue weighted by atomic mass is 10.1. The molecule has 10 heteroatoms. The molecule has 176 valence electrons. The topological polar surface area (TPSA) is 104 Å². The molecule has 0 bridgehead atoms. The maximum Gasteiger partial charge on any atom is 0.256 e. The van der Waals surface area contributed by atoms with Crippen LogP contribution in [0, 0.1) is 0 Å². The van der Waals surface area contributed by atoms with E-state index in [2.05, 4.69) is 20.4 Å². The predicted octanol–water partition coefficient (Wildman–Crippen LogP) is 5.23. The molecule has 0 atom stereocenters. The number of nitrogens with zero attached hydrogens (tertiary/aromatic N) is 6. The summed E-state index contributed by atoms with van der Waals surface area (Å²) < 4.78 is 8.99. The summed E-state index contributed by atoms with van der Waals surface area (Å²) in [7, 11) is 0. The fraction of sp³-hybridized carbons (Fsp3) is 0.0385. The minimum Gasteiger partial charge on any atom is -0.467 e. The van der Waals surface area contributed by atoms with Crippen molar-refractivity contribution in [3.8, 4) is 16.9 Å². The molecule has 9 nitrogen and oxygen atoms in total. The van der Waals surface area contributed by atoms with Crippen LogP contribution in [0.5, 0.6) is 0 Å². The van der Waals surface area contributed by atoms with Crippen molar-refractivity contribution in [3.05, 3.63) is 108 Å². The number of rotatable bonds is 6. The number of carbonyl (C=O) groups is 1. The summed E-state index contributed by atoms with van der Waals surface area (Å²) in [5, 5.41) is 8.53. The van der Waals surface area contributed by atoms with Crippen LogP contribution in [-0.2, 0) is 6.54 Å². The van der Waals surface area contributed by atoms with Crippen LogP contribution >= 0.6 is 11.6 Å². The van der Waals surface area contributed by atoms with Crippen molar-refractivity contribution in [2.45, 2.75) is 6.54 Å². The summed E-state index contributed by atoms with van der Waals surface area (Å²) in [5.41, 5.74) is 3.70. The average molecular weight is 496 g/mol. The number of aromatic nitrogens is 6. The van der Waals surface area contributed by atoms with E-state index in [1.165, 1.54) is 0 Å². The Morgan fingerprint density at radius 3 is 2.75 bits per heavy atom. The van der Waals surface area contributed by atoms with Crippen LogP contribution in [0.3, 0.4) is 0 Å². The number of pyridine rings is 2. The summed E-state index contributed by atoms with van der Waals surface area (Å²) in [6.45, 7) is 0.381. The Hall–Kier alpha value is -4.76. The fourth-order valence-corrected chi connectivity index (χ4v) is 4.24. The second-order valence-corrected chi connectivity index (χ2v) is 8.41. The van der Waals surface area contributed by atoms with Gasteiger partial charge in [-0.3, -0.25) is 9.78 Å². The molecule has 6 rings (SSSR count). The molecule has 0 saturated heterocycles. The summed E-state index contributed by atoms with van der Waals surface area (Å²) in [5.74, 6) is 0.420. The highest BCUT2D eigenvalue weighted by molar-refractivity contribution is 6.32. The first-order valence-corrected chi connectivity index (χ1v) is 11.4. The molecule has 0 aliphatic rings. The van der Waals surface area contributed by atoms with E-state index >= 15 is 0 Å². The molecule has 0 saturated carbocycles. The minimum absolute atomic E-state index is 0.309. The quantitative estimate of drug-likeness (QED) is 0.339. The summed E-state index contributed by atoms with van der Waals surface area (Å²) in [6.07, 6.45) is 11.8. The minimum atomic E-state index is -0.309. The number of furan rings is 1. The van der Waals surface area contributed by atoms with Crippen LogP contribution in [0.15, 0.2) is 96.5 Å². The van der Waals surface area contributed by atoms with Crippen molar-refractivity contribution >= 4 is 34.2 Å². The molecule has 0 aliphatic carbocycles. The zero-order chi connectivity index (χ0) is 24.5. The Labute approximate surface area is 210 Å². The van der Waals surface area contributed by atoms with E-state index in [0.29, 0.717) is 39.5 Å². The second kappa shape index (κ2) is 9.12. The van der Waals surface area contributed by atoms with E-state index in [-0.39, 0.29) is 5.91 Å². The van der Waals surface area contributed by atoms with Crippen molar-refractivity contribution in [2.75, 3.05) is 5.32 Å². The third-order valence-electron chi connectivity index (χ3n) is 5.68. The first kappa shape index (κ1) is 21.8. The van der Waals surface area contributed by atoms with Crippen LogP contribution in [0.4, 0.5) is 5.69 Å². The van der Waals surface area contributed by atoms with E-state index in [1.54, 1.807) is 71.0 Å². The van der Waals surface area contributed by atoms with Crippen LogP contribution in [0.25, 0.3) is 28.0 Å². The van der Waals surface area contributed by atoms with Gasteiger partial charge in [0.15, 0.2) is 5.65 Å². The van der Waals surface area contributed by atoms with Gasteiger partial charge in [0.2, 0.25) is 0 Å². The van der Waals surface area contributed by atoms with E-state index in [4.69, 9.17) is 21.0 Å². The van der Waals surface area contributed by atoms with Gasteiger partial charge in [0.1, 0.15) is 12.3 Å². The van der Waals surface area contributed by atoms with Gasteiger partial charge in [-0.05, 0) is 48.5 Å². The summed E-state index contributed by atoms with van der Waals surface area (Å²) in [6, 6.07) is 14.5. The third-order valence-corrected chi connectivity index (χ3v) is 5.99. The number of hydrogen-bond acceptors (Lipinski definition) is 6. The van der Waals surface area contributed by atoms with Gasteiger partial charge >= 0.3 is 0 Å². The van der Waals surface area contributed by atoms with Crippen LogP contribution in [0.1, 0.15) is 16.1 Å². The van der Waals surface area contributed by atoms with E-state index < -0.39 is 0 Å². The molecule has 1 aromatic carbocycles. The molecule has 0 radical (unpaired) electrons. The number of anilines is 1. The number of benzene rings is 1. The molecule has 36 heavy (non-hydrogen) atoms. The number of halogens is 1. The maximum absolute atomic E-state index is 13.5. The van der Waals surface area contributed by atoms with Crippen molar-refractivity contribution in [2.24, 2.45) is 0 Å². The van der Waals surface area contributed by atoms with Gasteiger partial charge in [-0.2, -0.15) is 5.10 Å². The van der Waals surface area contributed by atoms with Crippen LogP contribution in [0.2, 0.25) is 5.02 Å². The maximum atomic E-state index is 13.5. The number of hydrogen-bond donors (Lipinski definition) is 1. The van der Waals surface area contributed by atoms with Gasteiger partial charge in [-0.15, -0.1) is 0 Å². The highest BCUT2D eigenvalue weighted by Gasteiger charge is 2.19. The van der Waals surface area contributed by atoms with Gasteiger partial charge < -0.3 is 14.3 Å². The van der Waals surface area contributed by atoms with Gasteiger partial charge in [0.25, 0.3) is 5.91 Å². The molecular formula is C26H18ClN7O2. The molecule has 6 aromatic rings. The number of nitrogens with one attached hydrogen (secondary N) is 1. The Kier molecular flexibility index (Phi) is 5.51. The van der Waals surface area contributed by atoms with Gasteiger partial charge in [0.05, 0.1) is 46.1 Å².